The normalized spacial score (nSPS) is 9.62. The standard InChI is InChI=1S/C10H10ClNO/c1-2-7-5-9(11)6-8(3-4-12)10(7)13/h5-6,13H,2-3H2,1H3. The average Bonchev–Trinajstić information content (AvgIpc) is 2.11. The number of phenolic OH excluding ortho intramolecular Hbond substituents is 1. The van der Waals surface area contributed by atoms with E-state index in [0.717, 1.165) is 5.56 Å². The van der Waals surface area contributed by atoms with Crippen LogP contribution in [-0.4, -0.2) is 5.11 Å². The lowest BCUT2D eigenvalue weighted by atomic mass is 10.0. The summed E-state index contributed by atoms with van der Waals surface area (Å²) in [5, 5.41) is 18.7. The molecule has 68 valence electrons. The van der Waals surface area contributed by atoms with E-state index in [1.54, 1.807) is 12.1 Å². The Morgan fingerprint density at radius 2 is 2.08 bits per heavy atom. The Morgan fingerprint density at radius 1 is 1.46 bits per heavy atom. The molecule has 1 aromatic rings. The van der Waals surface area contributed by atoms with Crippen molar-refractivity contribution in [1.29, 1.82) is 5.26 Å². The quantitative estimate of drug-likeness (QED) is 0.789. The van der Waals surface area contributed by atoms with Gasteiger partial charge in [0.2, 0.25) is 0 Å². The van der Waals surface area contributed by atoms with Crippen LogP contribution in [0.1, 0.15) is 18.1 Å². The minimum atomic E-state index is 0.194. The first-order valence-corrected chi connectivity index (χ1v) is 4.44. The lowest BCUT2D eigenvalue weighted by Crippen LogP contribution is -1.89. The molecule has 2 nitrogen and oxygen atoms in total. The number of aromatic hydroxyl groups is 1. The maximum Gasteiger partial charge on any atom is 0.123 e. The Labute approximate surface area is 82.4 Å². The molecule has 0 aromatic heterocycles. The summed E-state index contributed by atoms with van der Waals surface area (Å²) in [6, 6.07) is 5.33. The fourth-order valence-corrected chi connectivity index (χ4v) is 1.47. The highest BCUT2D eigenvalue weighted by Crippen LogP contribution is 2.27. The molecular formula is C10H10ClNO. The zero-order valence-electron chi connectivity index (χ0n) is 7.34. The summed E-state index contributed by atoms with van der Waals surface area (Å²) in [6.45, 7) is 1.93. The summed E-state index contributed by atoms with van der Waals surface area (Å²) >= 11 is 5.82. The SMILES string of the molecule is CCc1cc(Cl)cc(CC#N)c1O. The van der Waals surface area contributed by atoms with Crippen molar-refractivity contribution >= 4 is 11.6 Å². The molecule has 0 saturated carbocycles. The highest BCUT2D eigenvalue weighted by atomic mass is 35.5. The van der Waals surface area contributed by atoms with Gasteiger partial charge in [0.1, 0.15) is 5.75 Å². The van der Waals surface area contributed by atoms with Gasteiger partial charge in [0.15, 0.2) is 0 Å². The van der Waals surface area contributed by atoms with E-state index in [1.807, 2.05) is 13.0 Å². The van der Waals surface area contributed by atoms with Crippen molar-refractivity contribution in [2.24, 2.45) is 0 Å². The molecule has 0 heterocycles. The predicted octanol–water partition coefficient (Wildman–Crippen LogP) is 2.67. The van der Waals surface area contributed by atoms with Gasteiger partial charge in [0.25, 0.3) is 0 Å². The summed E-state index contributed by atoms with van der Waals surface area (Å²) in [5.41, 5.74) is 1.39. The van der Waals surface area contributed by atoms with Crippen molar-refractivity contribution in [3.63, 3.8) is 0 Å². The summed E-state index contributed by atoms with van der Waals surface area (Å²) in [5.74, 6) is 0.202. The van der Waals surface area contributed by atoms with E-state index in [0.29, 0.717) is 17.0 Å². The van der Waals surface area contributed by atoms with E-state index < -0.39 is 0 Å². The van der Waals surface area contributed by atoms with Gasteiger partial charge in [-0.05, 0) is 24.1 Å². The summed E-state index contributed by atoms with van der Waals surface area (Å²) in [4.78, 5) is 0. The fraction of sp³-hybridized carbons (Fsp3) is 0.300. The molecule has 3 heteroatoms. The molecule has 0 bridgehead atoms. The van der Waals surface area contributed by atoms with Crippen LogP contribution in [0.4, 0.5) is 0 Å². The molecule has 1 N–H and O–H groups in total. The Balaban J connectivity index is 3.20. The summed E-state index contributed by atoms with van der Waals surface area (Å²) in [7, 11) is 0. The molecule has 0 fully saturated rings. The highest BCUT2D eigenvalue weighted by molar-refractivity contribution is 6.30. The zero-order valence-corrected chi connectivity index (χ0v) is 8.10. The number of phenols is 1. The Morgan fingerprint density at radius 3 is 2.62 bits per heavy atom. The van der Waals surface area contributed by atoms with Crippen molar-refractivity contribution in [1.82, 2.24) is 0 Å². The summed E-state index contributed by atoms with van der Waals surface area (Å²) < 4.78 is 0. The molecule has 0 saturated heterocycles. The third-order valence-corrected chi connectivity index (χ3v) is 2.10. The minimum absolute atomic E-state index is 0.194. The number of aryl methyl sites for hydroxylation is 1. The van der Waals surface area contributed by atoms with Crippen molar-refractivity contribution in [3.8, 4) is 11.8 Å². The van der Waals surface area contributed by atoms with Crippen molar-refractivity contribution in [3.05, 3.63) is 28.3 Å². The molecule has 1 aromatic carbocycles. The fourth-order valence-electron chi connectivity index (χ4n) is 1.21. The van der Waals surface area contributed by atoms with E-state index in [2.05, 4.69) is 0 Å². The largest absolute Gasteiger partial charge is 0.507 e. The molecule has 0 radical (unpaired) electrons. The van der Waals surface area contributed by atoms with Crippen LogP contribution in [0.5, 0.6) is 5.75 Å². The van der Waals surface area contributed by atoms with Crippen LogP contribution in [0.25, 0.3) is 0 Å². The van der Waals surface area contributed by atoms with E-state index >= 15 is 0 Å². The number of benzene rings is 1. The first-order chi connectivity index (χ1) is 6.19. The zero-order chi connectivity index (χ0) is 9.84. The van der Waals surface area contributed by atoms with Crippen LogP contribution in [0.3, 0.4) is 0 Å². The number of hydrogen-bond donors (Lipinski definition) is 1. The van der Waals surface area contributed by atoms with Crippen LogP contribution in [0.2, 0.25) is 5.02 Å². The second kappa shape index (κ2) is 4.15. The van der Waals surface area contributed by atoms with E-state index in [-0.39, 0.29) is 12.2 Å². The van der Waals surface area contributed by atoms with Gasteiger partial charge in [0.05, 0.1) is 12.5 Å². The topological polar surface area (TPSA) is 44.0 Å². The highest BCUT2D eigenvalue weighted by Gasteiger charge is 2.07. The molecule has 13 heavy (non-hydrogen) atoms. The van der Waals surface area contributed by atoms with Crippen LogP contribution in [0, 0.1) is 11.3 Å². The van der Waals surface area contributed by atoms with Gasteiger partial charge in [-0.2, -0.15) is 5.26 Å². The smallest absolute Gasteiger partial charge is 0.123 e. The Bertz CT molecular complexity index is 355. The van der Waals surface area contributed by atoms with Gasteiger partial charge in [-0.3, -0.25) is 0 Å². The lowest BCUT2D eigenvalue weighted by Gasteiger charge is -2.06. The molecule has 0 amide bonds. The van der Waals surface area contributed by atoms with Gasteiger partial charge in [-0.25, -0.2) is 0 Å². The predicted molar refractivity (Wildman–Crippen MR) is 51.8 cm³/mol. The van der Waals surface area contributed by atoms with Crippen LogP contribution < -0.4 is 0 Å². The molecule has 0 spiro atoms. The second-order valence-corrected chi connectivity index (χ2v) is 3.20. The van der Waals surface area contributed by atoms with Crippen LogP contribution >= 0.6 is 11.6 Å². The van der Waals surface area contributed by atoms with Gasteiger partial charge >= 0.3 is 0 Å². The molecule has 1 rings (SSSR count). The molecule has 0 aliphatic carbocycles. The van der Waals surface area contributed by atoms with Crippen molar-refractivity contribution < 1.29 is 5.11 Å². The number of nitriles is 1. The van der Waals surface area contributed by atoms with Gasteiger partial charge in [-0.1, -0.05) is 18.5 Å². The van der Waals surface area contributed by atoms with Crippen molar-refractivity contribution in [2.75, 3.05) is 0 Å². The molecule has 0 aliphatic heterocycles. The number of halogens is 1. The minimum Gasteiger partial charge on any atom is -0.507 e. The maximum absolute atomic E-state index is 9.63. The lowest BCUT2D eigenvalue weighted by molar-refractivity contribution is 0.463. The third kappa shape index (κ3) is 2.13. The van der Waals surface area contributed by atoms with E-state index in [1.165, 1.54) is 0 Å². The van der Waals surface area contributed by atoms with E-state index in [9.17, 15) is 5.11 Å². The Hall–Kier alpha value is -1.20. The summed E-state index contributed by atoms with van der Waals surface area (Å²) in [6.07, 6.45) is 0.907. The average molecular weight is 196 g/mol. The first-order valence-electron chi connectivity index (χ1n) is 4.06. The van der Waals surface area contributed by atoms with Crippen LogP contribution in [-0.2, 0) is 12.8 Å². The van der Waals surface area contributed by atoms with Crippen LogP contribution in [0.15, 0.2) is 12.1 Å². The monoisotopic (exact) mass is 195 g/mol. The number of nitrogens with zero attached hydrogens (tertiary/aromatic N) is 1. The maximum atomic E-state index is 9.63. The molecule has 0 atom stereocenters. The third-order valence-electron chi connectivity index (χ3n) is 1.88. The molecular weight excluding hydrogens is 186 g/mol. The van der Waals surface area contributed by atoms with Gasteiger partial charge in [-0.15, -0.1) is 0 Å². The van der Waals surface area contributed by atoms with Gasteiger partial charge < -0.3 is 5.11 Å². The first kappa shape index (κ1) is 9.88. The molecule has 0 aliphatic rings. The van der Waals surface area contributed by atoms with Crippen molar-refractivity contribution in [2.45, 2.75) is 19.8 Å². The number of rotatable bonds is 2. The second-order valence-electron chi connectivity index (χ2n) is 2.76. The molecule has 0 unspecified atom stereocenters. The van der Waals surface area contributed by atoms with E-state index in [4.69, 9.17) is 16.9 Å². The van der Waals surface area contributed by atoms with Gasteiger partial charge in [0, 0.05) is 10.6 Å². The number of hydrogen-bond acceptors (Lipinski definition) is 2. The Kier molecular flexibility index (Phi) is 3.16.